The third-order valence-corrected chi connectivity index (χ3v) is 6.41. The molecule has 2 heterocycles. The lowest BCUT2D eigenvalue weighted by atomic mass is 9.96. The van der Waals surface area contributed by atoms with Gasteiger partial charge in [-0.1, -0.05) is 6.07 Å². The molecule has 1 saturated heterocycles. The fourth-order valence-electron chi connectivity index (χ4n) is 4.20. The molecule has 35 heavy (non-hydrogen) atoms. The molecular weight excluding hydrogens is 461 g/mol. The lowest BCUT2D eigenvalue weighted by molar-refractivity contribution is -0.141. The summed E-state index contributed by atoms with van der Waals surface area (Å²) in [5.74, 6) is 0.186. The first-order valence-electron chi connectivity index (χ1n) is 11.6. The summed E-state index contributed by atoms with van der Waals surface area (Å²) in [4.78, 5) is 31.7. The molecule has 3 rings (SSSR count). The number of pyridine rings is 1. The summed E-state index contributed by atoms with van der Waals surface area (Å²) in [5, 5.41) is 2.71. The summed E-state index contributed by atoms with van der Waals surface area (Å²) in [6.07, 6.45) is -3.55. The van der Waals surface area contributed by atoms with E-state index in [0.29, 0.717) is 38.5 Å². The summed E-state index contributed by atoms with van der Waals surface area (Å²) in [7, 11) is 0. The molecule has 0 aliphatic carbocycles. The number of halogens is 3. The van der Waals surface area contributed by atoms with Crippen LogP contribution in [0.15, 0.2) is 30.5 Å². The monoisotopic (exact) mass is 492 g/mol. The van der Waals surface area contributed by atoms with Gasteiger partial charge in [-0.3, -0.25) is 19.5 Å². The topological polar surface area (TPSA) is 74.8 Å². The van der Waals surface area contributed by atoms with Crippen molar-refractivity contribution < 1.29 is 27.5 Å². The standard InChI is InChI=1S/C25H31F3N4O3/c1-5-29-23(33)15-35-21-8-7-20(16(2)17(21)3)18(4)31-10-12-32(13-11-31)24(34)19-6-9-22(30-14-19)25(26,27)28/h6-9,14,18H,5,10-13,15H2,1-4H3,(H,29,33)/t18-/m1/s1. The van der Waals surface area contributed by atoms with E-state index in [4.69, 9.17) is 4.74 Å². The highest BCUT2D eigenvalue weighted by molar-refractivity contribution is 5.94. The summed E-state index contributed by atoms with van der Waals surface area (Å²) >= 11 is 0. The summed E-state index contributed by atoms with van der Waals surface area (Å²) < 4.78 is 43.8. The first kappa shape index (κ1) is 26.5. The second-order valence-corrected chi connectivity index (χ2v) is 8.58. The zero-order valence-electron chi connectivity index (χ0n) is 20.4. The maximum absolute atomic E-state index is 12.7. The number of hydrogen-bond donors (Lipinski definition) is 1. The van der Waals surface area contributed by atoms with Crippen LogP contribution in [0.3, 0.4) is 0 Å². The molecule has 0 bridgehead atoms. The Morgan fingerprint density at radius 2 is 1.77 bits per heavy atom. The van der Waals surface area contributed by atoms with Gasteiger partial charge < -0.3 is 15.0 Å². The molecule has 1 aliphatic rings. The third kappa shape index (κ3) is 6.30. The van der Waals surface area contributed by atoms with Gasteiger partial charge in [-0.25, -0.2) is 0 Å². The SMILES string of the molecule is CCNC(=O)COc1ccc([C@@H](C)N2CCN(C(=O)c3ccc(C(F)(F)F)nc3)CC2)c(C)c1C. The molecule has 0 unspecified atom stereocenters. The zero-order chi connectivity index (χ0) is 25.8. The van der Waals surface area contributed by atoms with Crippen molar-refractivity contribution in [2.24, 2.45) is 0 Å². The molecule has 1 aliphatic heterocycles. The Kier molecular flexibility index (Phi) is 8.37. The molecule has 2 aromatic rings. The first-order chi connectivity index (χ1) is 16.5. The van der Waals surface area contributed by atoms with Crippen LogP contribution in [-0.4, -0.2) is 65.9 Å². The van der Waals surface area contributed by atoms with E-state index in [1.54, 1.807) is 4.90 Å². The Labute approximate surface area is 203 Å². The van der Waals surface area contributed by atoms with Crippen molar-refractivity contribution in [1.82, 2.24) is 20.1 Å². The highest BCUT2D eigenvalue weighted by Gasteiger charge is 2.33. The number of benzene rings is 1. The minimum atomic E-state index is -4.53. The maximum atomic E-state index is 12.7. The largest absolute Gasteiger partial charge is 0.483 e. The van der Waals surface area contributed by atoms with Crippen LogP contribution >= 0.6 is 0 Å². The number of likely N-dealkylation sites (N-methyl/N-ethyl adjacent to an activating group) is 1. The Bertz CT molecular complexity index is 1050. The number of aromatic nitrogens is 1. The molecule has 10 heteroatoms. The molecule has 1 N–H and O–H groups in total. The Morgan fingerprint density at radius 3 is 2.34 bits per heavy atom. The van der Waals surface area contributed by atoms with Crippen molar-refractivity contribution in [3.63, 3.8) is 0 Å². The van der Waals surface area contributed by atoms with Gasteiger partial charge in [0.25, 0.3) is 11.8 Å². The second-order valence-electron chi connectivity index (χ2n) is 8.58. The summed E-state index contributed by atoms with van der Waals surface area (Å²) in [6, 6.07) is 5.99. The number of alkyl halides is 3. The van der Waals surface area contributed by atoms with Crippen molar-refractivity contribution in [2.45, 2.75) is 39.9 Å². The van der Waals surface area contributed by atoms with Gasteiger partial charge in [0.2, 0.25) is 0 Å². The molecule has 190 valence electrons. The number of carbonyl (C=O) groups excluding carboxylic acids is 2. The minimum absolute atomic E-state index is 0.0343. The van der Waals surface area contributed by atoms with Crippen molar-refractivity contribution in [3.8, 4) is 5.75 Å². The fourth-order valence-corrected chi connectivity index (χ4v) is 4.20. The van der Waals surface area contributed by atoms with Crippen LogP contribution in [0.2, 0.25) is 0 Å². The maximum Gasteiger partial charge on any atom is 0.433 e. The number of piperazine rings is 1. The lowest BCUT2D eigenvalue weighted by Crippen LogP contribution is -2.49. The molecule has 2 amide bonds. The van der Waals surface area contributed by atoms with Crippen LogP contribution in [0.25, 0.3) is 0 Å². The van der Waals surface area contributed by atoms with Gasteiger partial charge in [0.1, 0.15) is 11.4 Å². The van der Waals surface area contributed by atoms with Gasteiger partial charge in [0.05, 0.1) is 5.56 Å². The van der Waals surface area contributed by atoms with E-state index >= 15 is 0 Å². The van der Waals surface area contributed by atoms with Crippen LogP contribution in [0.1, 0.15) is 52.6 Å². The van der Waals surface area contributed by atoms with Crippen molar-refractivity contribution in [2.75, 3.05) is 39.3 Å². The third-order valence-electron chi connectivity index (χ3n) is 6.41. The van der Waals surface area contributed by atoms with Crippen LogP contribution in [-0.2, 0) is 11.0 Å². The van der Waals surface area contributed by atoms with E-state index in [1.807, 2.05) is 32.9 Å². The fraction of sp³-hybridized carbons (Fsp3) is 0.480. The molecule has 0 spiro atoms. The molecule has 0 radical (unpaired) electrons. The predicted octanol–water partition coefficient (Wildman–Crippen LogP) is 3.75. The average Bonchev–Trinajstić information content (AvgIpc) is 2.84. The Hall–Kier alpha value is -3.14. The average molecular weight is 493 g/mol. The van der Waals surface area contributed by atoms with Gasteiger partial charge in [0.15, 0.2) is 6.61 Å². The molecule has 1 atom stereocenters. The van der Waals surface area contributed by atoms with Gasteiger partial charge in [-0.2, -0.15) is 13.2 Å². The lowest BCUT2D eigenvalue weighted by Gasteiger charge is -2.38. The number of rotatable bonds is 7. The number of nitrogens with zero attached hydrogens (tertiary/aromatic N) is 3. The van der Waals surface area contributed by atoms with Crippen LogP contribution < -0.4 is 10.1 Å². The molecular formula is C25H31F3N4O3. The van der Waals surface area contributed by atoms with Gasteiger partial charge in [0, 0.05) is 45.0 Å². The Balaban J connectivity index is 1.60. The van der Waals surface area contributed by atoms with Crippen molar-refractivity contribution in [3.05, 3.63) is 58.4 Å². The van der Waals surface area contributed by atoms with Crippen LogP contribution in [0.4, 0.5) is 13.2 Å². The molecule has 1 aromatic carbocycles. The highest BCUT2D eigenvalue weighted by Crippen LogP contribution is 2.31. The number of hydrogen-bond acceptors (Lipinski definition) is 5. The number of nitrogens with one attached hydrogen (secondary N) is 1. The quantitative estimate of drug-likeness (QED) is 0.637. The summed E-state index contributed by atoms with van der Waals surface area (Å²) in [5.41, 5.74) is 2.33. The van der Waals surface area contributed by atoms with E-state index in [9.17, 15) is 22.8 Å². The number of amides is 2. The zero-order valence-corrected chi connectivity index (χ0v) is 20.4. The molecule has 1 aromatic heterocycles. The highest BCUT2D eigenvalue weighted by atomic mass is 19.4. The molecule has 0 saturated carbocycles. The first-order valence-corrected chi connectivity index (χ1v) is 11.6. The van der Waals surface area contributed by atoms with Gasteiger partial charge >= 0.3 is 6.18 Å². The van der Waals surface area contributed by atoms with Crippen LogP contribution in [0, 0.1) is 13.8 Å². The smallest absolute Gasteiger partial charge is 0.433 e. The normalized spacial score (nSPS) is 15.6. The van der Waals surface area contributed by atoms with E-state index < -0.39 is 11.9 Å². The van der Waals surface area contributed by atoms with E-state index in [0.717, 1.165) is 29.0 Å². The Morgan fingerprint density at radius 1 is 1.09 bits per heavy atom. The van der Waals surface area contributed by atoms with Gasteiger partial charge in [-0.15, -0.1) is 0 Å². The number of ether oxygens (including phenoxy) is 1. The second kappa shape index (κ2) is 11.1. The minimum Gasteiger partial charge on any atom is -0.483 e. The molecule has 1 fully saturated rings. The van der Waals surface area contributed by atoms with Crippen LogP contribution in [0.5, 0.6) is 5.75 Å². The van der Waals surface area contributed by atoms with E-state index in [-0.39, 0.29) is 30.0 Å². The van der Waals surface area contributed by atoms with Crippen molar-refractivity contribution in [1.29, 1.82) is 0 Å². The predicted molar refractivity (Wildman–Crippen MR) is 125 cm³/mol. The van der Waals surface area contributed by atoms with Gasteiger partial charge in [-0.05, 0) is 62.6 Å². The van der Waals surface area contributed by atoms with E-state index in [1.165, 1.54) is 6.07 Å². The van der Waals surface area contributed by atoms with E-state index in [2.05, 4.69) is 22.1 Å². The number of carbonyl (C=O) groups is 2. The van der Waals surface area contributed by atoms with Crippen molar-refractivity contribution >= 4 is 11.8 Å². The summed E-state index contributed by atoms with van der Waals surface area (Å²) in [6.45, 7) is 10.7. The molecule has 7 nitrogen and oxygen atoms in total.